The Kier molecular flexibility index (Phi) is 25.2. The molecule has 0 fully saturated rings. The van der Waals surface area contributed by atoms with E-state index >= 15 is 0 Å². The van der Waals surface area contributed by atoms with Crippen molar-refractivity contribution in [1.82, 2.24) is 0 Å². The fraction of sp³-hybridized carbons (Fsp3) is 0.969. The summed E-state index contributed by atoms with van der Waals surface area (Å²) in [6, 6.07) is 0. The first kappa shape index (κ1) is 39.8. The van der Waals surface area contributed by atoms with Crippen molar-refractivity contribution >= 4 is 25.8 Å². The fourth-order valence-electron chi connectivity index (χ4n) is 4.69. The van der Waals surface area contributed by atoms with Gasteiger partial charge in [0.2, 0.25) is 0 Å². The number of esters is 1. The van der Waals surface area contributed by atoms with Crippen molar-refractivity contribution in [3.05, 3.63) is 0 Å². The molecule has 40 heavy (non-hydrogen) atoms. The normalized spacial score (nSPS) is 16.0. The SMILES string of the molecule is CCCCCCCCCCCCSC(CCCCCCC)C(C)OC(C)C(O)(C(=O)OC(C)C)[P+](=O)OCCC. The zero-order valence-electron chi connectivity index (χ0n) is 27.1. The van der Waals surface area contributed by atoms with Crippen LogP contribution in [0.4, 0.5) is 0 Å². The Morgan fingerprint density at radius 1 is 0.775 bits per heavy atom. The lowest BCUT2D eigenvalue weighted by Crippen LogP contribution is -2.50. The maximum atomic E-state index is 13.0. The smallest absolute Gasteiger partial charge is 0.457 e. The van der Waals surface area contributed by atoms with Crippen molar-refractivity contribution in [3.63, 3.8) is 0 Å². The quantitative estimate of drug-likeness (QED) is 0.0538. The summed E-state index contributed by atoms with van der Waals surface area (Å²) in [6.07, 6.45) is 19.2. The van der Waals surface area contributed by atoms with Crippen molar-refractivity contribution in [2.24, 2.45) is 0 Å². The van der Waals surface area contributed by atoms with Crippen LogP contribution in [0.3, 0.4) is 0 Å². The van der Waals surface area contributed by atoms with E-state index in [1.807, 2.05) is 25.6 Å². The lowest BCUT2D eigenvalue weighted by molar-refractivity contribution is -0.175. The third kappa shape index (κ3) is 17.7. The Morgan fingerprint density at radius 2 is 1.27 bits per heavy atom. The molecule has 0 aliphatic rings. The van der Waals surface area contributed by atoms with Crippen LogP contribution < -0.4 is 0 Å². The Bertz CT molecular complexity index is 635. The monoisotopic (exact) mass is 607 g/mol. The van der Waals surface area contributed by atoms with Gasteiger partial charge in [-0.15, -0.1) is 4.52 Å². The first-order valence-corrected chi connectivity index (χ1v) is 18.7. The number of unbranched alkanes of at least 4 members (excludes halogenated alkanes) is 13. The molecule has 0 radical (unpaired) electrons. The molecule has 0 heterocycles. The van der Waals surface area contributed by atoms with Gasteiger partial charge in [0.15, 0.2) is 0 Å². The molecule has 0 saturated carbocycles. The van der Waals surface area contributed by atoms with E-state index in [9.17, 15) is 14.5 Å². The van der Waals surface area contributed by atoms with Gasteiger partial charge in [0.1, 0.15) is 12.7 Å². The first-order valence-electron chi connectivity index (χ1n) is 16.5. The molecular formula is C32H64O6PS+. The second kappa shape index (κ2) is 25.3. The van der Waals surface area contributed by atoms with Gasteiger partial charge in [-0.05, 0) is 57.3 Å². The minimum Gasteiger partial charge on any atom is -0.457 e. The predicted molar refractivity (Wildman–Crippen MR) is 172 cm³/mol. The van der Waals surface area contributed by atoms with Crippen LogP contribution in [0.1, 0.15) is 158 Å². The van der Waals surface area contributed by atoms with E-state index in [0.29, 0.717) is 6.42 Å². The lowest BCUT2D eigenvalue weighted by Gasteiger charge is -2.30. The molecule has 0 aliphatic heterocycles. The van der Waals surface area contributed by atoms with Crippen molar-refractivity contribution in [2.75, 3.05) is 12.4 Å². The molecule has 5 unspecified atom stereocenters. The molecule has 8 heteroatoms. The third-order valence-corrected chi connectivity index (χ3v) is 10.4. The molecule has 0 amide bonds. The summed E-state index contributed by atoms with van der Waals surface area (Å²) >= 11 is 1.94. The highest BCUT2D eigenvalue weighted by molar-refractivity contribution is 7.99. The molecule has 0 aromatic rings. The van der Waals surface area contributed by atoms with Gasteiger partial charge in [-0.1, -0.05) is 111 Å². The number of ether oxygens (including phenoxy) is 2. The number of hydrogen-bond acceptors (Lipinski definition) is 7. The van der Waals surface area contributed by atoms with E-state index in [0.717, 1.165) is 18.6 Å². The molecule has 0 rings (SSSR count). The molecule has 0 saturated heterocycles. The number of aliphatic hydroxyl groups is 1. The van der Waals surface area contributed by atoms with Crippen molar-refractivity contribution in [1.29, 1.82) is 0 Å². The average molecular weight is 608 g/mol. The van der Waals surface area contributed by atoms with E-state index in [4.69, 9.17) is 14.0 Å². The highest BCUT2D eigenvalue weighted by Gasteiger charge is 2.64. The average Bonchev–Trinajstić information content (AvgIpc) is 2.92. The fourth-order valence-corrected chi connectivity index (χ4v) is 7.14. The van der Waals surface area contributed by atoms with Gasteiger partial charge >= 0.3 is 19.3 Å². The predicted octanol–water partition coefficient (Wildman–Crippen LogP) is 9.97. The van der Waals surface area contributed by atoms with Crippen LogP contribution in [-0.4, -0.2) is 52.3 Å². The zero-order valence-corrected chi connectivity index (χ0v) is 28.8. The number of hydrogen-bond donors (Lipinski definition) is 1. The number of carbonyl (C=O) groups excluding carboxylic acids is 1. The first-order chi connectivity index (χ1) is 19.1. The summed E-state index contributed by atoms with van der Waals surface area (Å²) in [5.74, 6) is 0.125. The van der Waals surface area contributed by atoms with Gasteiger partial charge in [0, 0.05) is 5.25 Å². The van der Waals surface area contributed by atoms with Crippen molar-refractivity contribution < 1.29 is 28.5 Å². The Labute approximate surface area is 252 Å². The van der Waals surface area contributed by atoms with E-state index in [-0.39, 0.29) is 18.0 Å². The van der Waals surface area contributed by atoms with Crippen LogP contribution in [0.25, 0.3) is 0 Å². The maximum absolute atomic E-state index is 13.0. The summed E-state index contributed by atoms with van der Waals surface area (Å²) in [4.78, 5) is 12.9. The molecule has 0 spiro atoms. The van der Waals surface area contributed by atoms with E-state index in [1.165, 1.54) is 89.9 Å². The Balaban J connectivity index is 5.04. The highest BCUT2D eigenvalue weighted by atomic mass is 32.2. The molecule has 1 N–H and O–H groups in total. The molecule has 0 aromatic carbocycles. The minimum atomic E-state index is -2.74. The number of thioether (sulfide) groups is 1. The molecule has 0 aliphatic carbocycles. The standard InChI is InChI=1S/C32H64O6PS/c1-8-11-13-15-16-17-18-19-21-23-26-40-30(24-22-20-14-12-9-2)28(6)38-29(7)32(34,31(33)37-27(4)5)39(35)36-25-10-3/h27-30,34H,8-26H2,1-7H3/q+1. The van der Waals surface area contributed by atoms with Crippen molar-refractivity contribution in [2.45, 2.75) is 187 Å². The topological polar surface area (TPSA) is 82.1 Å². The Hall–Kier alpha value is -0.200. The van der Waals surface area contributed by atoms with Crippen LogP contribution in [0.15, 0.2) is 0 Å². The Morgan fingerprint density at radius 3 is 1.77 bits per heavy atom. The summed E-state index contributed by atoms with van der Waals surface area (Å²) in [7, 11) is -2.74. The van der Waals surface area contributed by atoms with Gasteiger partial charge in [0.05, 0.1) is 12.2 Å². The summed E-state index contributed by atoms with van der Waals surface area (Å²) in [5, 5.41) is 9.25. The molecule has 0 bridgehead atoms. The molecule has 238 valence electrons. The molecule has 6 nitrogen and oxygen atoms in total. The van der Waals surface area contributed by atoms with Gasteiger partial charge in [0.25, 0.3) is 0 Å². The zero-order chi connectivity index (χ0) is 30.2. The van der Waals surface area contributed by atoms with Crippen LogP contribution in [-0.2, 0) is 23.4 Å². The summed E-state index contributed by atoms with van der Waals surface area (Å²) in [6.45, 7) is 13.6. The minimum absolute atomic E-state index is 0.184. The maximum Gasteiger partial charge on any atom is 0.559 e. The lowest BCUT2D eigenvalue weighted by atomic mass is 10.1. The molecule has 5 atom stereocenters. The van der Waals surface area contributed by atoms with Crippen LogP contribution in [0.5, 0.6) is 0 Å². The van der Waals surface area contributed by atoms with Crippen LogP contribution >= 0.6 is 19.8 Å². The van der Waals surface area contributed by atoms with Gasteiger partial charge < -0.3 is 14.6 Å². The second-order valence-electron chi connectivity index (χ2n) is 11.5. The molecule has 0 aromatic heterocycles. The molecular weight excluding hydrogens is 543 g/mol. The van der Waals surface area contributed by atoms with E-state index < -0.39 is 31.5 Å². The van der Waals surface area contributed by atoms with Gasteiger partial charge in [-0.2, -0.15) is 11.8 Å². The van der Waals surface area contributed by atoms with Crippen LogP contribution in [0, 0.1) is 0 Å². The summed E-state index contributed by atoms with van der Waals surface area (Å²) in [5.41, 5.74) is 0. The van der Waals surface area contributed by atoms with E-state index in [1.54, 1.807) is 20.8 Å². The van der Waals surface area contributed by atoms with E-state index in [2.05, 4.69) is 13.8 Å². The summed E-state index contributed by atoms with van der Waals surface area (Å²) < 4.78 is 29.9. The van der Waals surface area contributed by atoms with Gasteiger partial charge in [-0.3, -0.25) is 0 Å². The highest BCUT2D eigenvalue weighted by Crippen LogP contribution is 2.44. The number of rotatable bonds is 28. The number of carbonyl (C=O) groups is 1. The largest absolute Gasteiger partial charge is 0.559 e. The van der Waals surface area contributed by atoms with Gasteiger partial charge in [-0.25, -0.2) is 4.79 Å². The second-order valence-corrected chi connectivity index (χ2v) is 14.3. The van der Waals surface area contributed by atoms with Crippen molar-refractivity contribution in [3.8, 4) is 0 Å². The third-order valence-electron chi connectivity index (χ3n) is 7.27. The van der Waals surface area contributed by atoms with Crippen LogP contribution in [0.2, 0.25) is 0 Å².